The molecule has 0 aliphatic rings. The van der Waals surface area contributed by atoms with Gasteiger partial charge in [0, 0.05) is 12.8 Å². The molecule has 0 aliphatic carbocycles. The number of hydrogen-bond acceptors (Lipinski definition) is 2. The molecule has 0 heterocycles. The molecule has 1 unspecified atom stereocenters. The summed E-state index contributed by atoms with van der Waals surface area (Å²) in [4.78, 5) is 0. The molecular formula is C10H12F2N2. The van der Waals surface area contributed by atoms with E-state index in [1.165, 1.54) is 12.1 Å². The molecule has 0 radical (unpaired) electrons. The second kappa shape index (κ2) is 4.69. The molecule has 4 heteroatoms. The average Bonchev–Trinajstić information content (AvgIpc) is 2.12. The Morgan fingerprint density at radius 2 is 1.93 bits per heavy atom. The van der Waals surface area contributed by atoms with Crippen LogP contribution in [0.2, 0.25) is 0 Å². The Hall–Kier alpha value is -1.45. The third-order valence-electron chi connectivity index (χ3n) is 1.94. The van der Waals surface area contributed by atoms with Crippen LogP contribution in [0, 0.1) is 11.6 Å². The molecule has 1 atom stereocenters. The second-order valence-electron chi connectivity index (χ2n) is 2.95. The summed E-state index contributed by atoms with van der Waals surface area (Å²) in [5, 5.41) is 3.50. The van der Waals surface area contributed by atoms with Gasteiger partial charge in [0.2, 0.25) is 0 Å². The molecule has 0 aromatic heterocycles. The molecule has 0 saturated carbocycles. The van der Waals surface area contributed by atoms with E-state index in [2.05, 4.69) is 17.2 Å². The summed E-state index contributed by atoms with van der Waals surface area (Å²) in [7, 11) is 0. The monoisotopic (exact) mass is 198 g/mol. The quantitative estimate of drug-likeness (QED) is 0.583. The van der Waals surface area contributed by atoms with Crippen molar-refractivity contribution in [3.05, 3.63) is 35.4 Å². The third-order valence-corrected chi connectivity index (χ3v) is 1.94. The molecule has 1 aromatic carbocycles. The summed E-state index contributed by atoms with van der Waals surface area (Å²) in [6.45, 7) is 5.16. The Morgan fingerprint density at radius 3 is 2.36 bits per heavy atom. The molecule has 2 nitrogen and oxygen atoms in total. The average molecular weight is 198 g/mol. The third kappa shape index (κ3) is 2.52. The number of rotatable bonds is 4. The first-order chi connectivity index (χ1) is 6.67. The van der Waals surface area contributed by atoms with Crippen molar-refractivity contribution >= 4 is 6.72 Å². The van der Waals surface area contributed by atoms with Crippen LogP contribution in [-0.4, -0.2) is 6.72 Å². The van der Waals surface area contributed by atoms with Crippen molar-refractivity contribution < 1.29 is 8.78 Å². The lowest BCUT2D eigenvalue weighted by Crippen LogP contribution is -2.14. The zero-order valence-corrected chi connectivity index (χ0v) is 7.93. The van der Waals surface area contributed by atoms with E-state index in [0.29, 0.717) is 12.0 Å². The van der Waals surface area contributed by atoms with Crippen LogP contribution >= 0.6 is 0 Å². The van der Waals surface area contributed by atoms with Gasteiger partial charge >= 0.3 is 0 Å². The molecule has 0 saturated heterocycles. The highest BCUT2D eigenvalue weighted by Gasteiger charge is 2.10. The molecular weight excluding hydrogens is 186 g/mol. The Labute approximate surface area is 81.6 Å². The molecule has 0 amide bonds. The largest absolute Gasteiger partial charge is 0.303 e. The molecule has 1 rings (SSSR count). The predicted octanol–water partition coefficient (Wildman–Crippen LogP) is 2.62. The SMILES string of the molecule is C=NNC(CC)c1cc(F)cc(F)c1. The second-order valence-corrected chi connectivity index (χ2v) is 2.95. The number of benzene rings is 1. The summed E-state index contributed by atoms with van der Waals surface area (Å²) >= 11 is 0. The van der Waals surface area contributed by atoms with E-state index in [1.807, 2.05) is 6.92 Å². The molecule has 14 heavy (non-hydrogen) atoms. The molecule has 1 N–H and O–H groups in total. The van der Waals surface area contributed by atoms with Crippen LogP contribution in [-0.2, 0) is 0 Å². The van der Waals surface area contributed by atoms with Gasteiger partial charge in [-0.05, 0) is 24.1 Å². The smallest absolute Gasteiger partial charge is 0.126 e. The van der Waals surface area contributed by atoms with Gasteiger partial charge in [0.15, 0.2) is 0 Å². The van der Waals surface area contributed by atoms with Gasteiger partial charge < -0.3 is 5.43 Å². The van der Waals surface area contributed by atoms with Crippen LogP contribution < -0.4 is 5.43 Å². The standard InChI is InChI=1S/C10H12F2N2/c1-3-10(14-13-2)7-4-8(11)6-9(12)5-7/h4-6,10,14H,2-3H2,1H3. The van der Waals surface area contributed by atoms with Gasteiger partial charge in [-0.2, -0.15) is 5.10 Å². The summed E-state index contributed by atoms with van der Waals surface area (Å²) in [6.07, 6.45) is 0.682. The van der Waals surface area contributed by atoms with Crippen LogP contribution in [0.15, 0.2) is 23.3 Å². The lowest BCUT2D eigenvalue weighted by Gasteiger charge is -2.14. The highest BCUT2D eigenvalue weighted by atomic mass is 19.1. The maximum absolute atomic E-state index is 12.9. The van der Waals surface area contributed by atoms with Crippen molar-refractivity contribution in [2.45, 2.75) is 19.4 Å². The van der Waals surface area contributed by atoms with E-state index in [0.717, 1.165) is 6.07 Å². The van der Waals surface area contributed by atoms with E-state index in [1.54, 1.807) is 0 Å². The fourth-order valence-electron chi connectivity index (χ4n) is 1.29. The topological polar surface area (TPSA) is 24.4 Å². The zero-order valence-electron chi connectivity index (χ0n) is 7.93. The summed E-state index contributed by atoms with van der Waals surface area (Å²) in [6, 6.07) is 3.22. The van der Waals surface area contributed by atoms with E-state index in [4.69, 9.17) is 0 Å². The summed E-state index contributed by atoms with van der Waals surface area (Å²) in [5.74, 6) is -1.16. The maximum atomic E-state index is 12.9. The number of nitrogens with zero attached hydrogens (tertiary/aromatic N) is 1. The van der Waals surface area contributed by atoms with Gasteiger partial charge in [0.05, 0.1) is 6.04 Å². The normalized spacial score (nSPS) is 12.2. The molecule has 0 spiro atoms. The van der Waals surface area contributed by atoms with Crippen LogP contribution in [0.1, 0.15) is 24.9 Å². The molecule has 1 aromatic rings. The lowest BCUT2D eigenvalue weighted by atomic mass is 10.1. The molecule has 0 bridgehead atoms. The Balaban J connectivity index is 2.96. The number of hydrazone groups is 1. The van der Waals surface area contributed by atoms with E-state index >= 15 is 0 Å². The van der Waals surface area contributed by atoms with Crippen LogP contribution in [0.3, 0.4) is 0 Å². The molecule has 0 fully saturated rings. The highest BCUT2D eigenvalue weighted by molar-refractivity contribution is 5.24. The van der Waals surface area contributed by atoms with Crippen LogP contribution in [0.4, 0.5) is 8.78 Å². The number of nitrogens with one attached hydrogen (secondary N) is 1. The van der Waals surface area contributed by atoms with Gasteiger partial charge in [-0.1, -0.05) is 6.92 Å². The summed E-state index contributed by atoms with van der Waals surface area (Å²) < 4.78 is 25.7. The first-order valence-corrected chi connectivity index (χ1v) is 4.34. The van der Waals surface area contributed by atoms with Crippen molar-refractivity contribution in [2.24, 2.45) is 5.10 Å². The van der Waals surface area contributed by atoms with Crippen LogP contribution in [0.5, 0.6) is 0 Å². The van der Waals surface area contributed by atoms with Crippen molar-refractivity contribution in [1.29, 1.82) is 0 Å². The van der Waals surface area contributed by atoms with Gasteiger partial charge in [0.25, 0.3) is 0 Å². The minimum absolute atomic E-state index is 0.197. The van der Waals surface area contributed by atoms with E-state index < -0.39 is 11.6 Å². The lowest BCUT2D eigenvalue weighted by molar-refractivity contribution is 0.525. The van der Waals surface area contributed by atoms with E-state index in [9.17, 15) is 8.78 Å². The Bertz CT molecular complexity index is 306. The van der Waals surface area contributed by atoms with Crippen molar-refractivity contribution in [1.82, 2.24) is 5.43 Å². The summed E-state index contributed by atoms with van der Waals surface area (Å²) in [5.41, 5.74) is 3.22. The first-order valence-electron chi connectivity index (χ1n) is 4.34. The fraction of sp³-hybridized carbons (Fsp3) is 0.300. The van der Waals surface area contributed by atoms with Crippen molar-refractivity contribution in [3.63, 3.8) is 0 Å². The van der Waals surface area contributed by atoms with Gasteiger partial charge in [-0.15, -0.1) is 0 Å². The first kappa shape index (κ1) is 10.6. The molecule has 76 valence electrons. The minimum atomic E-state index is -0.579. The van der Waals surface area contributed by atoms with Crippen molar-refractivity contribution in [3.8, 4) is 0 Å². The Morgan fingerprint density at radius 1 is 1.36 bits per heavy atom. The van der Waals surface area contributed by atoms with Gasteiger partial charge in [0.1, 0.15) is 11.6 Å². The maximum Gasteiger partial charge on any atom is 0.126 e. The molecule has 0 aliphatic heterocycles. The predicted molar refractivity (Wildman–Crippen MR) is 52.1 cm³/mol. The fourth-order valence-corrected chi connectivity index (χ4v) is 1.29. The zero-order chi connectivity index (χ0) is 10.6. The van der Waals surface area contributed by atoms with Crippen molar-refractivity contribution in [2.75, 3.05) is 0 Å². The van der Waals surface area contributed by atoms with Crippen LogP contribution in [0.25, 0.3) is 0 Å². The highest BCUT2D eigenvalue weighted by Crippen LogP contribution is 2.18. The number of halogens is 2. The van der Waals surface area contributed by atoms with E-state index in [-0.39, 0.29) is 6.04 Å². The van der Waals surface area contributed by atoms with Gasteiger partial charge in [-0.25, -0.2) is 8.78 Å². The Kier molecular flexibility index (Phi) is 3.56. The van der Waals surface area contributed by atoms with Gasteiger partial charge in [-0.3, -0.25) is 0 Å². The minimum Gasteiger partial charge on any atom is -0.303 e. The number of hydrogen-bond donors (Lipinski definition) is 1.